The van der Waals surface area contributed by atoms with Crippen LogP contribution in [0.2, 0.25) is 0 Å². The molecule has 1 aliphatic carbocycles. The molecule has 2 rings (SSSR count). The van der Waals surface area contributed by atoms with E-state index in [4.69, 9.17) is 5.73 Å². The van der Waals surface area contributed by atoms with Gasteiger partial charge in [0.05, 0.1) is 0 Å². The topological polar surface area (TPSA) is 26.0 Å². The fourth-order valence-electron chi connectivity index (χ4n) is 3.40. The highest BCUT2D eigenvalue weighted by atomic mass is 14.7. The van der Waals surface area contributed by atoms with Crippen molar-refractivity contribution in [3.63, 3.8) is 0 Å². The number of rotatable bonds is 7. The molecule has 1 atom stereocenters. The highest BCUT2D eigenvalue weighted by Crippen LogP contribution is 2.41. The lowest BCUT2D eigenvalue weighted by molar-refractivity contribution is 0.358. The molecule has 0 aliphatic heterocycles. The third-order valence-electron chi connectivity index (χ3n) is 4.73. The van der Waals surface area contributed by atoms with Gasteiger partial charge in [-0.25, -0.2) is 0 Å². The predicted molar refractivity (Wildman–Crippen MR) is 83.3 cm³/mol. The zero-order valence-electron chi connectivity index (χ0n) is 12.6. The summed E-state index contributed by atoms with van der Waals surface area (Å²) in [5.74, 6) is 1.43. The van der Waals surface area contributed by atoms with Gasteiger partial charge in [-0.3, -0.25) is 0 Å². The summed E-state index contributed by atoms with van der Waals surface area (Å²) in [5.41, 5.74) is 9.60. The molecule has 0 bridgehead atoms. The Labute approximate surface area is 118 Å². The Morgan fingerprint density at radius 2 is 1.74 bits per heavy atom. The Bertz CT molecular complexity index is 375. The van der Waals surface area contributed by atoms with Gasteiger partial charge in [0.2, 0.25) is 0 Å². The molecule has 0 amide bonds. The van der Waals surface area contributed by atoms with Crippen molar-refractivity contribution in [1.29, 1.82) is 0 Å². The van der Waals surface area contributed by atoms with Gasteiger partial charge in [-0.2, -0.15) is 0 Å². The number of hydrogen-bond donors (Lipinski definition) is 1. The standard InChI is InChI=1S/C18H29N/c1-3-8-15(9-4-2)18(19)17-13-6-5-12-16(17)14-10-7-11-14/h5-6,12-15,18H,3-4,7-11,19H2,1-2H3. The zero-order valence-corrected chi connectivity index (χ0v) is 12.6. The Morgan fingerprint density at radius 1 is 1.11 bits per heavy atom. The average Bonchev–Trinajstić information content (AvgIpc) is 2.36. The monoisotopic (exact) mass is 259 g/mol. The van der Waals surface area contributed by atoms with E-state index in [1.165, 1.54) is 50.5 Å². The van der Waals surface area contributed by atoms with Crippen LogP contribution >= 0.6 is 0 Å². The first-order valence-electron chi connectivity index (χ1n) is 8.12. The van der Waals surface area contributed by atoms with E-state index in [1.807, 2.05) is 0 Å². The molecule has 0 saturated heterocycles. The first kappa shape index (κ1) is 14.6. The first-order valence-corrected chi connectivity index (χ1v) is 8.12. The summed E-state index contributed by atoms with van der Waals surface area (Å²) in [4.78, 5) is 0. The van der Waals surface area contributed by atoms with Gasteiger partial charge in [-0.05, 0) is 48.6 Å². The lowest BCUT2D eigenvalue weighted by atomic mass is 9.75. The molecule has 1 saturated carbocycles. The number of benzene rings is 1. The van der Waals surface area contributed by atoms with Crippen molar-refractivity contribution in [2.75, 3.05) is 0 Å². The van der Waals surface area contributed by atoms with Crippen LogP contribution in [-0.2, 0) is 0 Å². The maximum atomic E-state index is 6.63. The molecule has 19 heavy (non-hydrogen) atoms. The maximum Gasteiger partial charge on any atom is 0.0326 e. The van der Waals surface area contributed by atoms with E-state index in [0.29, 0.717) is 5.92 Å². The van der Waals surface area contributed by atoms with Crippen molar-refractivity contribution in [3.8, 4) is 0 Å². The Balaban J connectivity index is 2.18. The minimum absolute atomic E-state index is 0.233. The van der Waals surface area contributed by atoms with Gasteiger partial charge >= 0.3 is 0 Å². The van der Waals surface area contributed by atoms with Gasteiger partial charge < -0.3 is 5.73 Å². The summed E-state index contributed by atoms with van der Waals surface area (Å²) < 4.78 is 0. The third-order valence-corrected chi connectivity index (χ3v) is 4.73. The fraction of sp³-hybridized carbons (Fsp3) is 0.667. The van der Waals surface area contributed by atoms with Crippen molar-refractivity contribution in [1.82, 2.24) is 0 Å². The molecule has 1 fully saturated rings. The molecule has 1 aromatic rings. The van der Waals surface area contributed by atoms with Crippen LogP contribution in [0.25, 0.3) is 0 Å². The van der Waals surface area contributed by atoms with Gasteiger partial charge in [0.25, 0.3) is 0 Å². The van der Waals surface area contributed by atoms with Crippen molar-refractivity contribution >= 4 is 0 Å². The van der Waals surface area contributed by atoms with Crippen molar-refractivity contribution in [2.24, 2.45) is 11.7 Å². The largest absolute Gasteiger partial charge is 0.324 e. The second-order valence-corrected chi connectivity index (χ2v) is 6.12. The lowest BCUT2D eigenvalue weighted by Gasteiger charge is -2.32. The molecule has 0 heterocycles. The van der Waals surface area contributed by atoms with Crippen molar-refractivity contribution in [2.45, 2.75) is 70.8 Å². The average molecular weight is 259 g/mol. The molecular weight excluding hydrogens is 230 g/mol. The summed E-state index contributed by atoms with van der Waals surface area (Å²) in [6, 6.07) is 9.16. The Morgan fingerprint density at radius 3 is 2.26 bits per heavy atom. The molecule has 1 aromatic carbocycles. The quantitative estimate of drug-likeness (QED) is 0.718. The van der Waals surface area contributed by atoms with E-state index in [-0.39, 0.29) is 6.04 Å². The van der Waals surface area contributed by atoms with Crippen LogP contribution in [0.1, 0.15) is 81.9 Å². The minimum atomic E-state index is 0.233. The van der Waals surface area contributed by atoms with Crippen LogP contribution in [0, 0.1) is 5.92 Å². The lowest BCUT2D eigenvalue weighted by Crippen LogP contribution is -2.24. The van der Waals surface area contributed by atoms with Gasteiger partial charge in [-0.15, -0.1) is 0 Å². The van der Waals surface area contributed by atoms with Crippen LogP contribution in [0.4, 0.5) is 0 Å². The Hall–Kier alpha value is -0.820. The second kappa shape index (κ2) is 7.09. The van der Waals surface area contributed by atoms with E-state index >= 15 is 0 Å². The van der Waals surface area contributed by atoms with Gasteiger partial charge in [0, 0.05) is 6.04 Å². The normalized spacial score (nSPS) is 17.5. The SMILES string of the molecule is CCCC(CCC)C(N)c1ccccc1C1CCC1. The molecule has 1 unspecified atom stereocenters. The van der Waals surface area contributed by atoms with E-state index in [1.54, 1.807) is 5.56 Å². The van der Waals surface area contributed by atoms with Gasteiger partial charge in [-0.1, -0.05) is 57.4 Å². The van der Waals surface area contributed by atoms with Crippen molar-refractivity contribution in [3.05, 3.63) is 35.4 Å². The summed E-state index contributed by atoms with van der Waals surface area (Å²) in [6.07, 6.45) is 9.10. The van der Waals surface area contributed by atoms with Crippen LogP contribution in [-0.4, -0.2) is 0 Å². The van der Waals surface area contributed by atoms with Gasteiger partial charge in [0.15, 0.2) is 0 Å². The predicted octanol–water partition coefficient (Wildman–Crippen LogP) is 5.17. The summed E-state index contributed by atoms with van der Waals surface area (Å²) in [7, 11) is 0. The molecule has 1 aliphatic rings. The summed E-state index contributed by atoms with van der Waals surface area (Å²) >= 11 is 0. The Kier molecular flexibility index (Phi) is 5.45. The molecular formula is C18H29N. The highest BCUT2D eigenvalue weighted by molar-refractivity contribution is 5.34. The van der Waals surface area contributed by atoms with Crippen molar-refractivity contribution < 1.29 is 0 Å². The number of nitrogens with two attached hydrogens (primary N) is 1. The molecule has 0 aromatic heterocycles. The molecule has 2 N–H and O–H groups in total. The van der Waals surface area contributed by atoms with Crippen LogP contribution < -0.4 is 5.73 Å². The molecule has 1 heteroatoms. The smallest absolute Gasteiger partial charge is 0.0326 e. The number of hydrogen-bond acceptors (Lipinski definition) is 1. The molecule has 0 spiro atoms. The van der Waals surface area contributed by atoms with E-state index in [0.717, 1.165) is 5.92 Å². The molecule has 0 radical (unpaired) electrons. The van der Waals surface area contributed by atoms with Gasteiger partial charge in [0.1, 0.15) is 0 Å². The third kappa shape index (κ3) is 3.39. The highest BCUT2D eigenvalue weighted by Gasteiger charge is 2.26. The van der Waals surface area contributed by atoms with Crippen LogP contribution in [0.15, 0.2) is 24.3 Å². The summed E-state index contributed by atoms with van der Waals surface area (Å²) in [5, 5.41) is 0. The molecule has 106 valence electrons. The second-order valence-electron chi connectivity index (χ2n) is 6.12. The fourth-order valence-corrected chi connectivity index (χ4v) is 3.40. The van der Waals surface area contributed by atoms with Crippen LogP contribution in [0.5, 0.6) is 0 Å². The van der Waals surface area contributed by atoms with E-state index in [9.17, 15) is 0 Å². The maximum absolute atomic E-state index is 6.63. The summed E-state index contributed by atoms with van der Waals surface area (Å²) in [6.45, 7) is 4.54. The van der Waals surface area contributed by atoms with E-state index in [2.05, 4.69) is 38.1 Å². The minimum Gasteiger partial charge on any atom is -0.324 e. The zero-order chi connectivity index (χ0) is 13.7. The van der Waals surface area contributed by atoms with Crippen LogP contribution in [0.3, 0.4) is 0 Å². The molecule has 1 nitrogen and oxygen atoms in total. The van der Waals surface area contributed by atoms with E-state index < -0.39 is 0 Å². The first-order chi connectivity index (χ1) is 9.27.